The molecule has 0 heterocycles. The van der Waals surface area contributed by atoms with E-state index in [0.29, 0.717) is 25.9 Å². The van der Waals surface area contributed by atoms with Gasteiger partial charge >= 0.3 is 5.97 Å². The summed E-state index contributed by atoms with van der Waals surface area (Å²) in [5, 5.41) is 23.1. The van der Waals surface area contributed by atoms with Crippen LogP contribution in [0.3, 0.4) is 0 Å². The molecule has 0 fully saturated rings. The Morgan fingerprint density at radius 1 is 0.491 bits per heavy atom. The van der Waals surface area contributed by atoms with Crippen molar-refractivity contribution in [2.45, 2.75) is 276 Å². The van der Waals surface area contributed by atoms with E-state index >= 15 is 0 Å². The number of allylic oxidation sites excluding steroid dienone is 4. The van der Waals surface area contributed by atoms with Gasteiger partial charge < -0.3 is 20.3 Å². The highest BCUT2D eigenvalue weighted by Gasteiger charge is 2.20. The highest BCUT2D eigenvalue weighted by molar-refractivity contribution is 5.76. The van der Waals surface area contributed by atoms with Crippen LogP contribution in [0.15, 0.2) is 24.3 Å². The third-order valence-electron chi connectivity index (χ3n) is 11.5. The minimum atomic E-state index is -0.676. The molecule has 1 amide bonds. The Balaban J connectivity index is 3.50. The van der Waals surface area contributed by atoms with E-state index in [2.05, 4.69) is 43.5 Å². The topological polar surface area (TPSA) is 95.9 Å². The van der Waals surface area contributed by atoms with Gasteiger partial charge in [0.25, 0.3) is 0 Å². The van der Waals surface area contributed by atoms with Crippen LogP contribution in [-0.2, 0) is 14.3 Å². The van der Waals surface area contributed by atoms with E-state index in [4.69, 9.17) is 4.74 Å². The van der Waals surface area contributed by atoms with Crippen molar-refractivity contribution >= 4 is 11.9 Å². The summed E-state index contributed by atoms with van der Waals surface area (Å²) in [5.41, 5.74) is 0. The van der Waals surface area contributed by atoms with E-state index in [1.165, 1.54) is 154 Å². The van der Waals surface area contributed by atoms with Crippen LogP contribution in [0.2, 0.25) is 0 Å². The molecule has 2 atom stereocenters. The van der Waals surface area contributed by atoms with E-state index < -0.39 is 12.1 Å². The van der Waals surface area contributed by atoms with Crippen molar-refractivity contribution < 1.29 is 24.5 Å². The number of hydrogen-bond acceptors (Lipinski definition) is 5. The monoisotopic (exact) mass is 804 g/mol. The Hall–Kier alpha value is -1.66. The number of aliphatic hydroxyl groups excluding tert-OH is 2. The van der Waals surface area contributed by atoms with E-state index in [-0.39, 0.29) is 18.5 Å². The van der Waals surface area contributed by atoms with Gasteiger partial charge in [-0.3, -0.25) is 9.59 Å². The number of ether oxygens (including phenoxy) is 1. The molecule has 6 heteroatoms. The molecule has 0 saturated carbocycles. The van der Waals surface area contributed by atoms with Crippen LogP contribution in [0.25, 0.3) is 0 Å². The SMILES string of the molecule is CCCCCCCCCCCCCCCCCC(=O)OCCCCC/C=C\C=C/CCCCCCCCC(=O)NC(CO)C(O)CCCCCCCCCCCC. The van der Waals surface area contributed by atoms with Crippen molar-refractivity contribution in [3.8, 4) is 0 Å². The lowest BCUT2D eigenvalue weighted by Crippen LogP contribution is -2.45. The zero-order valence-electron chi connectivity index (χ0n) is 38.1. The summed E-state index contributed by atoms with van der Waals surface area (Å²) >= 11 is 0. The van der Waals surface area contributed by atoms with Crippen molar-refractivity contribution in [1.29, 1.82) is 0 Å². The molecule has 0 bridgehead atoms. The number of esters is 1. The first-order valence-electron chi connectivity index (χ1n) is 25.1. The minimum Gasteiger partial charge on any atom is -0.466 e. The zero-order valence-corrected chi connectivity index (χ0v) is 38.1. The number of aliphatic hydroxyl groups is 2. The van der Waals surface area contributed by atoms with E-state index in [1.54, 1.807) is 0 Å². The van der Waals surface area contributed by atoms with Crippen LogP contribution in [0.1, 0.15) is 264 Å². The van der Waals surface area contributed by atoms with E-state index in [9.17, 15) is 19.8 Å². The van der Waals surface area contributed by atoms with Gasteiger partial charge in [-0.2, -0.15) is 0 Å². The van der Waals surface area contributed by atoms with Gasteiger partial charge in [0.05, 0.1) is 25.4 Å². The molecule has 3 N–H and O–H groups in total. The second kappa shape index (κ2) is 47.0. The maximum Gasteiger partial charge on any atom is 0.305 e. The largest absolute Gasteiger partial charge is 0.466 e. The van der Waals surface area contributed by atoms with E-state index in [1.807, 2.05) is 0 Å². The second-order valence-electron chi connectivity index (χ2n) is 17.2. The highest BCUT2D eigenvalue weighted by Crippen LogP contribution is 2.16. The fourth-order valence-electron chi connectivity index (χ4n) is 7.63. The molecule has 57 heavy (non-hydrogen) atoms. The zero-order chi connectivity index (χ0) is 41.5. The summed E-state index contributed by atoms with van der Waals surface area (Å²) in [6.45, 7) is 4.88. The molecule has 0 aromatic carbocycles. The minimum absolute atomic E-state index is 0.0193. The van der Waals surface area contributed by atoms with Gasteiger partial charge in [0.2, 0.25) is 5.91 Å². The van der Waals surface area contributed by atoms with Crippen molar-refractivity contribution in [3.63, 3.8) is 0 Å². The van der Waals surface area contributed by atoms with Gasteiger partial charge in [-0.05, 0) is 57.8 Å². The van der Waals surface area contributed by atoms with Crippen LogP contribution in [0, 0.1) is 0 Å². The fourth-order valence-corrected chi connectivity index (χ4v) is 7.63. The summed E-state index contributed by atoms with van der Waals surface area (Å²) in [6, 6.07) is -0.555. The van der Waals surface area contributed by atoms with Gasteiger partial charge in [-0.25, -0.2) is 0 Å². The molecule has 336 valence electrons. The van der Waals surface area contributed by atoms with Gasteiger partial charge in [0, 0.05) is 12.8 Å². The summed E-state index contributed by atoms with van der Waals surface area (Å²) in [5.74, 6) is -0.0788. The molecule has 0 spiro atoms. The van der Waals surface area contributed by atoms with Crippen molar-refractivity contribution in [2.24, 2.45) is 0 Å². The lowest BCUT2D eigenvalue weighted by Gasteiger charge is -2.22. The number of amides is 1. The standard InChI is InChI=1S/C51H97NO5/c1-3-5-7-9-11-13-15-16-18-22-25-29-33-37-41-45-51(56)57-46-42-38-34-30-26-23-20-17-19-21-24-28-32-36-40-44-50(55)52-48(47-53)49(54)43-39-35-31-27-14-12-10-8-6-4-2/h17,20,23,26,48-49,53-54H,3-16,18-19,21-22,24-25,27-47H2,1-2H3,(H,52,55)/b20-17-,26-23-. The second-order valence-corrected chi connectivity index (χ2v) is 17.2. The third kappa shape index (κ3) is 43.7. The summed E-state index contributed by atoms with van der Waals surface area (Å²) in [6.07, 6.45) is 54.4. The molecule has 2 unspecified atom stereocenters. The molecule has 0 aromatic heterocycles. The average molecular weight is 804 g/mol. The molecule has 0 saturated heterocycles. The molecule has 6 nitrogen and oxygen atoms in total. The van der Waals surface area contributed by atoms with Crippen molar-refractivity contribution in [2.75, 3.05) is 13.2 Å². The van der Waals surface area contributed by atoms with Gasteiger partial charge in [0.1, 0.15) is 0 Å². The van der Waals surface area contributed by atoms with Crippen LogP contribution in [-0.4, -0.2) is 47.4 Å². The molecule has 0 aliphatic rings. The lowest BCUT2D eigenvalue weighted by atomic mass is 10.0. The van der Waals surface area contributed by atoms with Gasteiger partial charge in [-0.1, -0.05) is 218 Å². The third-order valence-corrected chi connectivity index (χ3v) is 11.5. The van der Waals surface area contributed by atoms with Crippen molar-refractivity contribution in [3.05, 3.63) is 24.3 Å². The first-order chi connectivity index (χ1) is 28.0. The summed E-state index contributed by atoms with van der Waals surface area (Å²) in [7, 11) is 0. The lowest BCUT2D eigenvalue weighted by molar-refractivity contribution is -0.143. The highest BCUT2D eigenvalue weighted by atomic mass is 16.5. The summed E-state index contributed by atoms with van der Waals surface area (Å²) in [4.78, 5) is 24.4. The van der Waals surface area contributed by atoms with Crippen LogP contribution in [0.5, 0.6) is 0 Å². The van der Waals surface area contributed by atoms with Gasteiger partial charge in [-0.15, -0.1) is 0 Å². The Morgan fingerprint density at radius 2 is 0.860 bits per heavy atom. The quantitative estimate of drug-likeness (QED) is 0.0324. The molecule has 0 aliphatic heterocycles. The number of unbranched alkanes of at least 4 members (excludes halogenated alkanes) is 32. The summed E-state index contributed by atoms with van der Waals surface area (Å²) < 4.78 is 5.44. The van der Waals surface area contributed by atoms with Gasteiger partial charge in [0.15, 0.2) is 0 Å². The Bertz CT molecular complexity index is 889. The predicted octanol–water partition coefficient (Wildman–Crippen LogP) is 14.7. The predicted molar refractivity (Wildman–Crippen MR) is 246 cm³/mol. The number of carbonyl (C=O) groups is 2. The first-order valence-corrected chi connectivity index (χ1v) is 25.1. The maximum absolute atomic E-state index is 12.4. The van der Waals surface area contributed by atoms with E-state index in [0.717, 1.165) is 77.0 Å². The van der Waals surface area contributed by atoms with Crippen LogP contribution >= 0.6 is 0 Å². The number of carbonyl (C=O) groups excluding carboxylic acids is 2. The molecular formula is C51H97NO5. The smallest absolute Gasteiger partial charge is 0.305 e. The molecule has 0 radical (unpaired) electrons. The van der Waals surface area contributed by atoms with Crippen LogP contribution in [0.4, 0.5) is 0 Å². The maximum atomic E-state index is 12.4. The average Bonchev–Trinajstić information content (AvgIpc) is 3.21. The molecule has 0 aliphatic carbocycles. The number of hydrogen-bond donors (Lipinski definition) is 3. The number of nitrogens with one attached hydrogen (secondary N) is 1. The van der Waals surface area contributed by atoms with Crippen LogP contribution < -0.4 is 5.32 Å². The number of rotatable bonds is 46. The fraction of sp³-hybridized carbons (Fsp3) is 0.882. The molecule has 0 rings (SSSR count). The molecule has 0 aromatic rings. The first kappa shape index (κ1) is 55.3. The normalized spacial score (nSPS) is 12.8. The Morgan fingerprint density at radius 3 is 1.30 bits per heavy atom. The van der Waals surface area contributed by atoms with Crippen molar-refractivity contribution in [1.82, 2.24) is 5.32 Å². The Kier molecular flexibility index (Phi) is 45.7. The molecular weight excluding hydrogens is 707 g/mol. The Labute approximate surface area is 354 Å².